The average molecular weight is 276 g/mol. The quantitative estimate of drug-likeness (QED) is 0.824. The number of amides is 1. The summed E-state index contributed by atoms with van der Waals surface area (Å²) in [6.07, 6.45) is 10.3. The van der Waals surface area contributed by atoms with Gasteiger partial charge in [0.2, 0.25) is 5.91 Å². The third-order valence-electron chi connectivity index (χ3n) is 4.94. The molecule has 1 aromatic heterocycles. The van der Waals surface area contributed by atoms with Crippen LogP contribution in [0.3, 0.4) is 0 Å². The highest BCUT2D eigenvalue weighted by Gasteiger charge is 2.49. The molecule has 2 fully saturated rings. The van der Waals surface area contributed by atoms with Crippen LogP contribution in [0, 0.1) is 12.8 Å². The Morgan fingerprint density at radius 1 is 1.55 bits per heavy atom. The van der Waals surface area contributed by atoms with E-state index in [0.29, 0.717) is 12.0 Å². The lowest BCUT2D eigenvalue weighted by Crippen LogP contribution is -2.58. The molecule has 1 heterocycles. The third-order valence-corrected chi connectivity index (χ3v) is 4.94. The van der Waals surface area contributed by atoms with E-state index in [1.807, 2.05) is 19.3 Å². The zero-order chi connectivity index (χ0) is 14.2. The lowest BCUT2D eigenvalue weighted by molar-refractivity contribution is -0.126. The van der Waals surface area contributed by atoms with Crippen molar-refractivity contribution in [1.29, 1.82) is 0 Å². The fourth-order valence-electron chi connectivity index (χ4n) is 3.58. The van der Waals surface area contributed by atoms with Gasteiger partial charge < -0.3 is 15.6 Å². The highest BCUT2D eigenvalue weighted by Crippen LogP contribution is 2.40. The van der Waals surface area contributed by atoms with Gasteiger partial charge in [-0.25, -0.2) is 4.98 Å². The number of hydrogen-bond donors (Lipinski definition) is 2. The summed E-state index contributed by atoms with van der Waals surface area (Å²) in [4.78, 5) is 16.3. The van der Waals surface area contributed by atoms with Gasteiger partial charge in [0, 0.05) is 25.0 Å². The maximum Gasteiger partial charge on any atom is 0.238 e. The molecule has 110 valence electrons. The molecular weight excluding hydrogens is 252 g/mol. The number of aromatic nitrogens is 2. The van der Waals surface area contributed by atoms with Crippen molar-refractivity contribution in [3.63, 3.8) is 0 Å². The number of carbonyl (C=O) groups is 1. The molecule has 0 spiro atoms. The molecule has 5 heteroatoms. The number of aryl methyl sites for hydroxylation is 2. The Hall–Kier alpha value is -1.36. The molecule has 2 saturated carbocycles. The van der Waals surface area contributed by atoms with Gasteiger partial charge in [-0.15, -0.1) is 0 Å². The molecule has 0 saturated heterocycles. The monoisotopic (exact) mass is 276 g/mol. The summed E-state index contributed by atoms with van der Waals surface area (Å²) in [6, 6.07) is 0.512. The first-order valence-corrected chi connectivity index (χ1v) is 7.67. The minimum atomic E-state index is -0.463. The van der Waals surface area contributed by atoms with Crippen LogP contribution in [0.25, 0.3) is 0 Å². The van der Waals surface area contributed by atoms with E-state index in [4.69, 9.17) is 5.73 Å². The van der Waals surface area contributed by atoms with Gasteiger partial charge >= 0.3 is 0 Å². The van der Waals surface area contributed by atoms with Gasteiger partial charge in [-0.1, -0.05) is 6.42 Å². The van der Waals surface area contributed by atoms with Crippen LogP contribution in [0.15, 0.2) is 12.4 Å². The zero-order valence-corrected chi connectivity index (χ0v) is 12.1. The summed E-state index contributed by atoms with van der Waals surface area (Å²) >= 11 is 0. The van der Waals surface area contributed by atoms with E-state index in [0.717, 1.165) is 38.1 Å². The molecule has 5 nitrogen and oxygen atoms in total. The van der Waals surface area contributed by atoms with E-state index in [1.54, 1.807) is 0 Å². The lowest BCUT2D eigenvalue weighted by Gasteiger charge is -2.34. The smallest absolute Gasteiger partial charge is 0.238 e. The molecule has 0 bridgehead atoms. The zero-order valence-electron chi connectivity index (χ0n) is 12.1. The van der Waals surface area contributed by atoms with Crippen LogP contribution in [0.4, 0.5) is 0 Å². The molecule has 1 amide bonds. The van der Waals surface area contributed by atoms with E-state index in [1.165, 1.54) is 12.8 Å². The molecule has 20 heavy (non-hydrogen) atoms. The van der Waals surface area contributed by atoms with Crippen LogP contribution in [-0.2, 0) is 11.3 Å². The average Bonchev–Trinajstić information content (AvgIpc) is 2.97. The predicted octanol–water partition coefficient (Wildman–Crippen LogP) is 1.36. The largest absolute Gasteiger partial charge is 0.368 e. The van der Waals surface area contributed by atoms with Crippen LogP contribution in [0.1, 0.15) is 44.3 Å². The fourth-order valence-corrected chi connectivity index (χ4v) is 3.58. The highest BCUT2D eigenvalue weighted by molar-refractivity contribution is 5.85. The Labute approximate surface area is 119 Å². The van der Waals surface area contributed by atoms with Crippen LogP contribution in [0.5, 0.6) is 0 Å². The number of hydrogen-bond acceptors (Lipinski definition) is 3. The molecule has 2 aliphatic rings. The molecular formula is C15H24N4O. The van der Waals surface area contributed by atoms with Crippen molar-refractivity contribution in [1.82, 2.24) is 14.9 Å². The normalized spacial score (nSPS) is 29.8. The second kappa shape index (κ2) is 5.20. The molecule has 2 atom stereocenters. The molecule has 3 rings (SSSR count). The van der Waals surface area contributed by atoms with Gasteiger partial charge in [-0.2, -0.15) is 0 Å². The second-order valence-corrected chi connectivity index (χ2v) is 6.30. The number of nitrogens with zero attached hydrogens (tertiary/aromatic N) is 2. The van der Waals surface area contributed by atoms with E-state index >= 15 is 0 Å². The summed E-state index contributed by atoms with van der Waals surface area (Å²) in [5, 5.41) is 3.56. The Morgan fingerprint density at radius 2 is 2.35 bits per heavy atom. The van der Waals surface area contributed by atoms with Crippen molar-refractivity contribution in [3.8, 4) is 0 Å². The number of rotatable bonds is 6. The van der Waals surface area contributed by atoms with Gasteiger partial charge in [0.25, 0.3) is 0 Å². The predicted molar refractivity (Wildman–Crippen MR) is 77.0 cm³/mol. The first-order valence-electron chi connectivity index (χ1n) is 7.67. The number of primary amides is 1. The summed E-state index contributed by atoms with van der Waals surface area (Å²) in [6.45, 7) is 2.93. The number of carbonyl (C=O) groups excluding carboxylic acids is 1. The topological polar surface area (TPSA) is 72.9 Å². The lowest BCUT2D eigenvalue weighted by atomic mass is 9.83. The minimum Gasteiger partial charge on any atom is -0.368 e. The van der Waals surface area contributed by atoms with Crippen LogP contribution >= 0.6 is 0 Å². The Balaban J connectivity index is 1.69. The van der Waals surface area contributed by atoms with Crippen molar-refractivity contribution in [3.05, 3.63) is 18.2 Å². The molecule has 1 aromatic rings. The van der Waals surface area contributed by atoms with Crippen molar-refractivity contribution in [2.75, 3.05) is 0 Å². The van der Waals surface area contributed by atoms with E-state index < -0.39 is 5.54 Å². The van der Waals surface area contributed by atoms with Gasteiger partial charge in [-0.05, 0) is 44.9 Å². The molecule has 3 N–H and O–H groups in total. The van der Waals surface area contributed by atoms with Crippen molar-refractivity contribution >= 4 is 5.91 Å². The molecule has 2 aliphatic carbocycles. The highest BCUT2D eigenvalue weighted by atomic mass is 16.1. The summed E-state index contributed by atoms with van der Waals surface area (Å²) in [5.74, 6) is 1.22. The molecule has 0 aliphatic heterocycles. The second-order valence-electron chi connectivity index (χ2n) is 6.30. The van der Waals surface area contributed by atoms with Crippen molar-refractivity contribution in [2.45, 2.75) is 63.6 Å². The van der Waals surface area contributed by atoms with E-state index in [2.05, 4.69) is 14.9 Å². The van der Waals surface area contributed by atoms with Crippen LogP contribution in [-0.4, -0.2) is 27.0 Å². The van der Waals surface area contributed by atoms with Crippen LogP contribution < -0.4 is 11.1 Å². The summed E-state index contributed by atoms with van der Waals surface area (Å²) < 4.78 is 2.15. The van der Waals surface area contributed by atoms with E-state index in [-0.39, 0.29) is 5.91 Å². The Morgan fingerprint density at radius 3 is 2.95 bits per heavy atom. The van der Waals surface area contributed by atoms with Gasteiger partial charge in [0.15, 0.2) is 0 Å². The fraction of sp³-hybridized carbons (Fsp3) is 0.733. The minimum absolute atomic E-state index is 0.158. The Kier molecular flexibility index (Phi) is 3.54. The number of nitrogens with one attached hydrogen (secondary N) is 1. The van der Waals surface area contributed by atoms with Gasteiger partial charge in [0.05, 0.1) is 0 Å². The van der Waals surface area contributed by atoms with E-state index in [9.17, 15) is 4.79 Å². The van der Waals surface area contributed by atoms with Crippen molar-refractivity contribution in [2.24, 2.45) is 11.7 Å². The Bertz CT molecular complexity index is 494. The summed E-state index contributed by atoms with van der Waals surface area (Å²) in [5.41, 5.74) is 5.29. The molecule has 0 radical (unpaired) electrons. The third kappa shape index (κ3) is 2.46. The maximum absolute atomic E-state index is 12.1. The van der Waals surface area contributed by atoms with Crippen LogP contribution in [0.2, 0.25) is 0 Å². The van der Waals surface area contributed by atoms with Gasteiger partial charge in [0.1, 0.15) is 11.4 Å². The first kappa shape index (κ1) is 13.6. The van der Waals surface area contributed by atoms with Gasteiger partial charge in [-0.3, -0.25) is 4.79 Å². The SMILES string of the molecule is Cc1nccn1CCC1CCCC1(NC1CC1)C(N)=O. The molecule has 0 aromatic carbocycles. The first-order chi connectivity index (χ1) is 9.62. The number of imidazole rings is 1. The summed E-state index contributed by atoms with van der Waals surface area (Å²) in [7, 11) is 0. The standard InChI is InChI=1S/C15H24N4O/c1-11-17-8-10-19(11)9-6-12-3-2-7-15(12,14(16)20)18-13-4-5-13/h8,10,12-13,18H,2-7,9H2,1H3,(H2,16,20). The maximum atomic E-state index is 12.1. The van der Waals surface area contributed by atoms with Crippen molar-refractivity contribution < 1.29 is 4.79 Å². The number of nitrogens with two attached hydrogens (primary N) is 1. The molecule has 2 unspecified atom stereocenters.